The number of phenols is 1. The summed E-state index contributed by atoms with van der Waals surface area (Å²) in [5.74, 6) is 0.602. The van der Waals surface area contributed by atoms with Gasteiger partial charge in [-0.05, 0) is 31.2 Å². The Balaban J connectivity index is 1.78. The highest BCUT2D eigenvalue weighted by Gasteiger charge is 2.05. The highest BCUT2D eigenvalue weighted by Crippen LogP contribution is 2.21. The molecule has 0 saturated carbocycles. The van der Waals surface area contributed by atoms with E-state index in [4.69, 9.17) is 4.74 Å². The van der Waals surface area contributed by atoms with Crippen molar-refractivity contribution in [1.29, 1.82) is 0 Å². The smallest absolute Gasteiger partial charge is 0.227 e. The largest absolute Gasteiger partial charge is 0.506 e. The van der Waals surface area contributed by atoms with Crippen LogP contribution in [0.3, 0.4) is 0 Å². The molecule has 0 radical (unpaired) electrons. The molecule has 0 atom stereocenters. The van der Waals surface area contributed by atoms with Crippen LogP contribution < -0.4 is 10.1 Å². The molecule has 4 heteroatoms. The Bertz CT molecular complexity index is 579. The lowest BCUT2D eigenvalue weighted by atomic mass is 10.2. The van der Waals surface area contributed by atoms with Crippen LogP contribution in [0.15, 0.2) is 48.5 Å². The van der Waals surface area contributed by atoms with Crippen molar-refractivity contribution >= 4 is 11.6 Å². The summed E-state index contributed by atoms with van der Waals surface area (Å²) in [5, 5.41) is 12.2. The van der Waals surface area contributed by atoms with E-state index >= 15 is 0 Å². The summed E-state index contributed by atoms with van der Waals surface area (Å²) in [6.45, 7) is 2.30. The highest BCUT2D eigenvalue weighted by atomic mass is 16.5. The van der Waals surface area contributed by atoms with Crippen molar-refractivity contribution < 1.29 is 14.6 Å². The summed E-state index contributed by atoms with van der Waals surface area (Å²) in [7, 11) is 0. The van der Waals surface area contributed by atoms with Gasteiger partial charge >= 0.3 is 0 Å². The SMILES string of the molecule is Cc1ccc(OCCC(=O)Nc2ccccc2O)cc1. The average Bonchev–Trinajstić information content (AvgIpc) is 2.44. The van der Waals surface area contributed by atoms with E-state index in [0.717, 1.165) is 11.3 Å². The summed E-state index contributed by atoms with van der Waals surface area (Å²) in [6.07, 6.45) is 0.224. The summed E-state index contributed by atoms with van der Waals surface area (Å²) < 4.78 is 5.48. The molecule has 0 spiro atoms. The lowest BCUT2D eigenvalue weighted by Crippen LogP contribution is -2.15. The molecule has 4 nitrogen and oxygen atoms in total. The minimum Gasteiger partial charge on any atom is -0.506 e. The van der Waals surface area contributed by atoms with Gasteiger partial charge in [-0.2, -0.15) is 0 Å². The molecule has 0 aliphatic rings. The van der Waals surface area contributed by atoms with Crippen LogP contribution in [0.2, 0.25) is 0 Å². The number of aromatic hydroxyl groups is 1. The van der Waals surface area contributed by atoms with Gasteiger partial charge in [0.1, 0.15) is 11.5 Å². The maximum absolute atomic E-state index is 11.7. The molecule has 104 valence electrons. The molecule has 0 aromatic heterocycles. The van der Waals surface area contributed by atoms with E-state index in [1.54, 1.807) is 18.2 Å². The normalized spacial score (nSPS) is 10.1. The first-order valence-electron chi connectivity index (χ1n) is 6.42. The van der Waals surface area contributed by atoms with Gasteiger partial charge in [0.25, 0.3) is 0 Å². The first kappa shape index (κ1) is 13.9. The molecule has 2 aromatic rings. The minimum absolute atomic E-state index is 0.0558. The van der Waals surface area contributed by atoms with Crippen LogP contribution in [0.25, 0.3) is 0 Å². The molecule has 2 aromatic carbocycles. The van der Waals surface area contributed by atoms with Crippen molar-refractivity contribution in [1.82, 2.24) is 0 Å². The van der Waals surface area contributed by atoms with Crippen LogP contribution in [0.5, 0.6) is 11.5 Å². The second-order valence-corrected chi connectivity index (χ2v) is 4.48. The Morgan fingerprint density at radius 1 is 1.15 bits per heavy atom. The van der Waals surface area contributed by atoms with E-state index in [1.165, 1.54) is 6.07 Å². The molecule has 2 N–H and O–H groups in total. The van der Waals surface area contributed by atoms with Gasteiger partial charge in [0.15, 0.2) is 0 Å². The van der Waals surface area contributed by atoms with E-state index in [1.807, 2.05) is 31.2 Å². The van der Waals surface area contributed by atoms with Gasteiger partial charge in [0.05, 0.1) is 18.7 Å². The first-order chi connectivity index (χ1) is 9.65. The van der Waals surface area contributed by atoms with Crippen molar-refractivity contribution in [2.75, 3.05) is 11.9 Å². The van der Waals surface area contributed by atoms with Gasteiger partial charge in [-0.15, -0.1) is 0 Å². The molecular weight excluding hydrogens is 254 g/mol. The summed E-state index contributed by atoms with van der Waals surface area (Å²) in [6, 6.07) is 14.3. The van der Waals surface area contributed by atoms with Crippen LogP contribution in [-0.2, 0) is 4.79 Å². The van der Waals surface area contributed by atoms with E-state index < -0.39 is 0 Å². The van der Waals surface area contributed by atoms with Gasteiger partial charge in [0, 0.05) is 0 Å². The average molecular weight is 271 g/mol. The van der Waals surface area contributed by atoms with E-state index in [0.29, 0.717) is 12.3 Å². The van der Waals surface area contributed by atoms with Crippen LogP contribution in [0.4, 0.5) is 5.69 Å². The minimum atomic E-state index is -0.196. The Morgan fingerprint density at radius 2 is 1.85 bits per heavy atom. The molecule has 20 heavy (non-hydrogen) atoms. The lowest BCUT2D eigenvalue weighted by molar-refractivity contribution is -0.116. The van der Waals surface area contributed by atoms with Gasteiger partial charge in [0.2, 0.25) is 5.91 Å². The Kier molecular flexibility index (Phi) is 4.60. The van der Waals surface area contributed by atoms with Gasteiger partial charge in [-0.25, -0.2) is 0 Å². The maximum Gasteiger partial charge on any atom is 0.227 e. The number of nitrogens with one attached hydrogen (secondary N) is 1. The first-order valence-corrected chi connectivity index (χ1v) is 6.42. The van der Waals surface area contributed by atoms with Gasteiger partial charge < -0.3 is 15.2 Å². The molecule has 0 heterocycles. The number of anilines is 1. The number of para-hydroxylation sites is 2. The second kappa shape index (κ2) is 6.61. The topological polar surface area (TPSA) is 58.6 Å². The number of carbonyl (C=O) groups excluding carboxylic acids is 1. The van der Waals surface area contributed by atoms with Gasteiger partial charge in [-0.3, -0.25) is 4.79 Å². The van der Waals surface area contributed by atoms with Crippen molar-refractivity contribution in [2.24, 2.45) is 0 Å². The number of rotatable bonds is 5. The Morgan fingerprint density at radius 3 is 2.55 bits per heavy atom. The number of carbonyl (C=O) groups is 1. The third-order valence-corrected chi connectivity index (χ3v) is 2.80. The fourth-order valence-corrected chi connectivity index (χ4v) is 1.69. The molecule has 1 amide bonds. The predicted octanol–water partition coefficient (Wildman–Crippen LogP) is 3.11. The molecule has 0 aliphatic heterocycles. The zero-order valence-corrected chi connectivity index (χ0v) is 11.3. The molecule has 0 bridgehead atoms. The van der Waals surface area contributed by atoms with Crippen molar-refractivity contribution in [3.63, 3.8) is 0 Å². The van der Waals surface area contributed by atoms with Crippen LogP contribution in [0.1, 0.15) is 12.0 Å². The number of ether oxygens (including phenoxy) is 1. The van der Waals surface area contributed by atoms with Crippen molar-refractivity contribution in [3.05, 3.63) is 54.1 Å². The van der Waals surface area contributed by atoms with E-state index in [9.17, 15) is 9.90 Å². The van der Waals surface area contributed by atoms with Crippen LogP contribution >= 0.6 is 0 Å². The number of amides is 1. The third-order valence-electron chi connectivity index (χ3n) is 2.80. The Labute approximate surface area is 118 Å². The molecule has 0 fully saturated rings. The molecule has 0 unspecified atom stereocenters. The standard InChI is InChI=1S/C16H17NO3/c1-12-6-8-13(9-7-12)20-11-10-16(19)17-14-4-2-3-5-15(14)18/h2-9,18H,10-11H2,1H3,(H,17,19). The molecule has 2 rings (SSSR count). The maximum atomic E-state index is 11.7. The lowest BCUT2D eigenvalue weighted by Gasteiger charge is -2.08. The van der Waals surface area contributed by atoms with Crippen molar-refractivity contribution in [2.45, 2.75) is 13.3 Å². The number of phenolic OH excluding ortho intramolecular Hbond substituents is 1. The zero-order valence-electron chi connectivity index (χ0n) is 11.3. The number of benzene rings is 2. The second-order valence-electron chi connectivity index (χ2n) is 4.48. The third kappa shape index (κ3) is 4.02. The summed E-state index contributed by atoms with van der Waals surface area (Å²) in [4.78, 5) is 11.7. The number of hydrogen-bond donors (Lipinski definition) is 2. The predicted molar refractivity (Wildman–Crippen MR) is 78.0 cm³/mol. The molecular formula is C16H17NO3. The summed E-state index contributed by atoms with van der Waals surface area (Å²) >= 11 is 0. The molecule has 0 saturated heterocycles. The fourth-order valence-electron chi connectivity index (χ4n) is 1.69. The van der Waals surface area contributed by atoms with Gasteiger partial charge in [-0.1, -0.05) is 29.8 Å². The summed E-state index contributed by atoms with van der Waals surface area (Å²) in [5.41, 5.74) is 1.57. The Hall–Kier alpha value is -2.49. The quantitative estimate of drug-likeness (QED) is 0.821. The van der Waals surface area contributed by atoms with Crippen LogP contribution in [0, 0.1) is 6.92 Å². The monoisotopic (exact) mass is 271 g/mol. The van der Waals surface area contributed by atoms with E-state index in [-0.39, 0.29) is 18.1 Å². The highest BCUT2D eigenvalue weighted by molar-refractivity contribution is 5.92. The van der Waals surface area contributed by atoms with Crippen LogP contribution in [-0.4, -0.2) is 17.6 Å². The van der Waals surface area contributed by atoms with Crippen molar-refractivity contribution in [3.8, 4) is 11.5 Å². The fraction of sp³-hybridized carbons (Fsp3) is 0.188. The number of hydrogen-bond acceptors (Lipinski definition) is 3. The van der Waals surface area contributed by atoms with E-state index in [2.05, 4.69) is 5.32 Å². The number of aryl methyl sites for hydroxylation is 1. The molecule has 0 aliphatic carbocycles. The zero-order chi connectivity index (χ0) is 14.4.